The molecule has 0 unspecified atom stereocenters. The number of nitrogens with zero attached hydrogens (tertiary/aromatic N) is 1. The first-order valence-electron chi connectivity index (χ1n) is 8.19. The largest absolute Gasteiger partial charge is 0.419 e. The van der Waals surface area contributed by atoms with Gasteiger partial charge in [0.1, 0.15) is 0 Å². The van der Waals surface area contributed by atoms with Crippen LogP contribution in [0.5, 0.6) is 0 Å². The summed E-state index contributed by atoms with van der Waals surface area (Å²) in [6.07, 6.45) is 0. The highest BCUT2D eigenvalue weighted by Crippen LogP contribution is 2.34. The van der Waals surface area contributed by atoms with E-state index in [1.54, 1.807) is 42.5 Å². The summed E-state index contributed by atoms with van der Waals surface area (Å²) in [5.74, 6) is 0.588. The van der Waals surface area contributed by atoms with Gasteiger partial charge in [0.05, 0.1) is 15.5 Å². The van der Waals surface area contributed by atoms with Crippen LogP contribution >= 0.6 is 11.6 Å². The Morgan fingerprint density at radius 3 is 2.38 bits per heavy atom. The number of hydrogen-bond acceptors (Lipinski definition) is 5. The Kier molecular flexibility index (Phi) is 5.34. The van der Waals surface area contributed by atoms with Crippen molar-refractivity contribution in [2.24, 2.45) is 5.92 Å². The van der Waals surface area contributed by atoms with Gasteiger partial charge in [-0.15, -0.1) is 0 Å². The minimum absolute atomic E-state index is 0.123. The summed E-state index contributed by atoms with van der Waals surface area (Å²) in [6, 6.07) is 15.2. The van der Waals surface area contributed by atoms with Crippen molar-refractivity contribution in [3.05, 3.63) is 59.6 Å². The molecule has 0 amide bonds. The van der Waals surface area contributed by atoms with Gasteiger partial charge in [0.15, 0.2) is 0 Å². The van der Waals surface area contributed by atoms with Crippen LogP contribution in [0.3, 0.4) is 0 Å². The number of anilines is 1. The van der Waals surface area contributed by atoms with E-state index in [0.717, 1.165) is 0 Å². The van der Waals surface area contributed by atoms with Gasteiger partial charge in [0.2, 0.25) is 26.6 Å². The smallest absolute Gasteiger partial charge is 0.233 e. The molecule has 0 radical (unpaired) electrons. The molecule has 0 fully saturated rings. The van der Waals surface area contributed by atoms with Gasteiger partial charge in [-0.3, -0.25) is 0 Å². The molecule has 2 aromatic carbocycles. The lowest BCUT2D eigenvalue weighted by Crippen LogP contribution is -2.11. The average molecular weight is 391 g/mol. The van der Waals surface area contributed by atoms with Gasteiger partial charge < -0.3 is 9.73 Å². The number of benzene rings is 2. The van der Waals surface area contributed by atoms with Crippen molar-refractivity contribution in [2.75, 3.05) is 11.9 Å². The molecule has 0 aliphatic carbocycles. The molecular weight excluding hydrogens is 372 g/mol. The van der Waals surface area contributed by atoms with Crippen LogP contribution in [-0.2, 0) is 9.84 Å². The summed E-state index contributed by atoms with van der Waals surface area (Å²) in [6.45, 7) is 4.59. The zero-order valence-electron chi connectivity index (χ0n) is 14.4. The van der Waals surface area contributed by atoms with Gasteiger partial charge in [-0.05, 0) is 30.2 Å². The van der Waals surface area contributed by atoms with Crippen molar-refractivity contribution in [2.45, 2.75) is 23.8 Å². The normalized spacial score (nSPS) is 11.7. The molecule has 7 heteroatoms. The molecule has 3 rings (SSSR count). The molecule has 0 spiro atoms. The van der Waals surface area contributed by atoms with E-state index in [4.69, 9.17) is 16.0 Å². The third-order valence-electron chi connectivity index (χ3n) is 3.68. The van der Waals surface area contributed by atoms with E-state index in [-0.39, 0.29) is 21.7 Å². The summed E-state index contributed by atoms with van der Waals surface area (Å²) >= 11 is 6.21. The summed E-state index contributed by atoms with van der Waals surface area (Å²) in [4.78, 5) is 4.42. The van der Waals surface area contributed by atoms with Crippen LogP contribution in [0.2, 0.25) is 5.02 Å². The number of rotatable bonds is 6. The van der Waals surface area contributed by atoms with Crippen molar-refractivity contribution in [3.8, 4) is 11.5 Å². The van der Waals surface area contributed by atoms with E-state index in [9.17, 15) is 8.42 Å². The average Bonchev–Trinajstić information content (AvgIpc) is 3.06. The number of oxazole rings is 1. The first-order chi connectivity index (χ1) is 12.4. The SMILES string of the molecule is CC(C)CNc1oc(-c2ccccc2Cl)nc1S(=O)(=O)c1ccccc1. The molecule has 136 valence electrons. The zero-order valence-corrected chi connectivity index (χ0v) is 16.0. The second-order valence-corrected chi connectivity index (χ2v) is 8.50. The molecule has 3 aromatic rings. The standard InChI is InChI=1S/C19H19ClN2O3S/c1-13(2)12-21-18-19(26(23,24)14-8-4-3-5-9-14)22-17(25-18)15-10-6-7-11-16(15)20/h3-11,13,21H,12H2,1-2H3. The van der Waals surface area contributed by atoms with Crippen LogP contribution < -0.4 is 5.32 Å². The summed E-state index contributed by atoms with van der Waals surface area (Å²) in [5, 5.41) is 3.35. The third-order valence-corrected chi connectivity index (χ3v) is 5.69. The van der Waals surface area contributed by atoms with Gasteiger partial charge in [-0.25, -0.2) is 8.42 Å². The number of halogens is 1. The summed E-state index contributed by atoms with van der Waals surface area (Å²) in [7, 11) is -3.83. The molecule has 0 atom stereocenters. The van der Waals surface area contributed by atoms with Gasteiger partial charge in [-0.2, -0.15) is 4.98 Å². The number of sulfone groups is 1. The maximum atomic E-state index is 13.0. The maximum absolute atomic E-state index is 13.0. The highest BCUT2D eigenvalue weighted by Gasteiger charge is 2.28. The lowest BCUT2D eigenvalue weighted by molar-refractivity contribution is 0.567. The highest BCUT2D eigenvalue weighted by atomic mass is 35.5. The molecule has 26 heavy (non-hydrogen) atoms. The fraction of sp³-hybridized carbons (Fsp3) is 0.211. The fourth-order valence-electron chi connectivity index (χ4n) is 2.36. The van der Waals surface area contributed by atoms with Gasteiger partial charge in [0.25, 0.3) is 0 Å². The van der Waals surface area contributed by atoms with Crippen LogP contribution in [0.1, 0.15) is 13.8 Å². The van der Waals surface area contributed by atoms with Crippen molar-refractivity contribution in [1.82, 2.24) is 4.98 Å². The van der Waals surface area contributed by atoms with Crippen LogP contribution in [0.4, 0.5) is 5.88 Å². The Bertz CT molecular complexity index is 999. The zero-order chi connectivity index (χ0) is 18.7. The van der Waals surface area contributed by atoms with Crippen molar-refractivity contribution < 1.29 is 12.8 Å². The molecule has 1 N–H and O–H groups in total. The molecule has 0 saturated heterocycles. The highest BCUT2D eigenvalue weighted by molar-refractivity contribution is 7.91. The van der Waals surface area contributed by atoms with Gasteiger partial charge in [-0.1, -0.05) is 55.8 Å². The molecule has 5 nitrogen and oxygen atoms in total. The fourth-order valence-corrected chi connectivity index (χ4v) is 3.87. The van der Waals surface area contributed by atoms with E-state index < -0.39 is 9.84 Å². The maximum Gasteiger partial charge on any atom is 0.233 e. The van der Waals surface area contributed by atoms with E-state index in [2.05, 4.69) is 10.3 Å². The minimum atomic E-state index is -3.83. The number of hydrogen-bond donors (Lipinski definition) is 1. The van der Waals surface area contributed by atoms with Crippen LogP contribution in [0.15, 0.2) is 68.9 Å². The third kappa shape index (κ3) is 3.76. The topological polar surface area (TPSA) is 72.2 Å². The van der Waals surface area contributed by atoms with Crippen molar-refractivity contribution >= 4 is 27.3 Å². The lowest BCUT2D eigenvalue weighted by atomic mass is 10.2. The number of nitrogens with one attached hydrogen (secondary N) is 1. The Morgan fingerprint density at radius 2 is 1.73 bits per heavy atom. The van der Waals surface area contributed by atoms with Gasteiger partial charge in [0, 0.05) is 6.54 Å². The molecule has 0 aliphatic heterocycles. The second kappa shape index (κ2) is 7.51. The Morgan fingerprint density at radius 1 is 1.08 bits per heavy atom. The van der Waals surface area contributed by atoms with Crippen molar-refractivity contribution in [3.63, 3.8) is 0 Å². The lowest BCUT2D eigenvalue weighted by Gasteiger charge is -2.07. The Balaban J connectivity index is 2.12. The first-order valence-corrected chi connectivity index (χ1v) is 10.1. The monoisotopic (exact) mass is 390 g/mol. The van der Waals surface area contributed by atoms with E-state index in [1.807, 2.05) is 13.8 Å². The molecule has 1 aromatic heterocycles. The molecule has 0 bridgehead atoms. The van der Waals surface area contributed by atoms with Crippen LogP contribution in [0.25, 0.3) is 11.5 Å². The molecule has 0 saturated carbocycles. The predicted octanol–water partition coefficient (Wildman–Crippen LogP) is 4.90. The summed E-state index contributed by atoms with van der Waals surface area (Å²) in [5.41, 5.74) is 0.538. The minimum Gasteiger partial charge on any atom is -0.419 e. The predicted molar refractivity (Wildman–Crippen MR) is 102 cm³/mol. The molecule has 1 heterocycles. The van der Waals surface area contributed by atoms with Crippen molar-refractivity contribution in [1.29, 1.82) is 0 Å². The Labute approximate surface area is 157 Å². The first kappa shape index (κ1) is 18.5. The quantitative estimate of drug-likeness (QED) is 0.648. The van der Waals surface area contributed by atoms with Gasteiger partial charge >= 0.3 is 0 Å². The summed E-state index contributed by atoms with van der Waals surface area (Å²) < 4.78 is 31.8. The molecular formula is C19H19ClN2O3S. The van der Waals surface area contributed by atoms with Crippen LogP contribution in [0, 0.1) is 5.92 Å². The van der Waals surface area contributed by atoms with E-state index in [1.165, 1.54) is 12.1 Å². The van der Waals surface area contributed by atoms with E-state index in [0.29, 0.717) is 23.0 Å². The Hall–Kier alpha value is -2.31. The molecule has 0 aliphatic rings. The second-order valence-electron chi connectivity index (χ2n) is 6.22. The van der Waals surface area contributed by atoms with Crippen LogP contribution in [-0.4, -0.2) is 19.9 Å². The van der Waals surface area contributed by atoms with E-state index >= 15 is 0 Å². The number of aromatic nitrogens is 1.